The monoisotopic (exact) mass is 413 g/mol. The summed E-state index contributed by atoms with van der Waals surface area (Å²) in [6.07, 6.45) is 3.26. The molecule has 158 valence electrons. The van der Waals surface area contributed by atoms with Crippen LogP contribution in [0.4, 0.5) is 13.6 Å². The molecule has 0 aliphatic carbocycles. The van der Waals surface area contributed by atoms with Crippen LogP contribution in [0.15, 0.2) is 53.1 Å². The first-order valence-corrected chi connectivity index (χ1v) is 10.1. The van der Waals surface area contributed by atoms with E-state index in [1.807, 2.05) is 31.3 Å². The van der Waals surface area contributed by atoms with Crippen LogP contribution in [0.25, 0.3) is 11.0 Å². The van der Waals surface area contributed by atoms with Crippen molar-refractivity contribution in [1.82, 2.24) is 15.1 Å². The molecule has 1 N–H and O–H groups in total. The van der Waals surface area contributed by atoms with Gasteiger partial charge in [0, 0.05) is 29.6 Å². The summed E-state index contributed by atoms with van der Waals surface area (Å²) in [7, 11) is 2.05. The number of urea groups is 1. The third-order valence-corrected chi connectivity index (χ3v) is 5.71. The predicted octanol–water partition coefficient (Wildman–Crippen LogP) is 4.52. The fraction of sp³-hybridized carbons (Fsp3) is 0.348. The normalized spacial score (nSPS) is 15.4. The number of hydrogen-bond acceptors (Lipinski definition) is 3. The average Bonchev–Trinajstić information content (AvgIpc) is 3.20. The maximum absolute atomic E-state index is 14.3. The van der Waals surface area contributed by atoms with E-state index < -0.39 is 11.6 Å². The molecule has 0 unspecified atom stereocenters. The van der Waals surface area contributed by atoms with Gasteiger partial charge in [-0.3, -0.25) is 0 Å². The first-order chi connectivity index (χ1) is 14.5. The number of piperidine rings is 1. The topological polar surface area (TPSA) is 48.7 Å². The van der Waals surface area contributed by atoms with Crippen LogP contribution in [-0.2, 0) is 13.1 Å². The van der Waals surface area contributed by atoms with Crippen molar-refractivity contribution in [1.29, 1.82) is 0 Å². The minimum absolute atomic E-state index is 0.00186. The number of fused-ring (bicyclic) bond motifs is 1. The van der Waals surface area contributed by atoms with Crippen molar-refractivity contribution in [3.8, 4) is 0 Å². The first kappa shape index (κ1) is 20.3. The van der Waals surface area contributed by atoms with Gasteiger partial charge < -0.3 is 19.5 Å². The zero-order valence-corrected chi connectivity index (χ0v) is 16.9. The molecule has 1 aromatic heterocycles. The molecule has 2 amide bonds. The number of rotatable bonds is 5. The Morgan fingerprint density at radius 1 is 1.17 bits per heavy atom. The van der Waals surface area contributed by atoms with Crippen LogP contribution in [0.3, 0.4) is 0 Å². The van der Waals surface area contributed by atoms with Crippen LogP contribution in [-0.4, -0.2) is 42.0 Å². The number of halogens is 2. The fourth-order valence-corrected chi connectivity index (χ4v) is 3.91. The highest BCUT2D eigenvalue weighted by atomic mass is 19.1. The zero-order chi connectivity index (χ0) is 21.1. The van der Waals surface area contributed by atoms with Crippen LogP contribution in [0.2, 0.25) is 0 Å². The molecule has 7 heteroatoms. The molecule has 30 heavy (non-hydrogen) atoms. The Hall–Kier alpha value is -2.93. The van der Waals surface area contributed by atoms with Crippen molar-refractivity contribution in [2.45, 2.75) is 32.0 Å². The summed E-state index contributed by atoms with van der Waals surface area (Å²) >= 11 is 0. The molecule has 0 atom stereocenters. The predicted molar refractivity (Wildman–Crippen MR) is 111 cm³/mol. The van der Waals surface area contributed by atoms with Crippen molar-refractivity contribution in [3.63, 3.8) is 0 Å². The molecule has 1 fully saturated rings. The Balaban J connectivity index is 1.49. The smallest absolute Gasteiger partial charge is 0.318 e. The van der Waals surface area contributed by atoms with Crippen LogP contribution in [0, 0.1) is 11.6 Å². The van der Waals surface area contributed by atoms with Gasteiger partial charge >= 0.3 is 6.03 Å². The Labute approximate surface area is 174 Å². The SMILES string of the molecule is CN1CCC(N(Cc2ccc(F)cc2F)C(=O)NCc2ccc3occc3c2)CC1. The highest BCUT2D eigenvalue weighted by Gasteiger charge is 2.27. The van der Waals surface area contributed by atoms with Gasteiger partial charge in [0.15, 0.2) is 0 Å². The molecule has 2 aromatic carbocycles. The summed E-state index contributed by atoms with van der Waals surface area (Å²) in [6.45, 7) is 2.21. The van der Waals surface area contributed by atoms with E-state index in [0.29, 0.717) is 12.1 Å². The maximum atomic E-state index is 14.3. The largest absolute Gasteiger partial charge is 0.464 e. The van der Waals surface area contributed by atoms with Crippen molar-refractivity contribution in [2.24, 2.45) is 0 Å². The quantitative estimate of drug-likeness (QED) is 0.669. The van der Waals surface area contributed by atoms with E-state index in [2.05, 4.69) is 10.2 Å². The second-order valence-electron chi connectivity index (χ2n) is 7.85. The highest BCUT2D eigenvalue weighted by molar-refractivity contribution is 5.78. The lowest BCUT2D eigenvalue weighted by Gasteiger charge is -2.37. The van der Waals surface area contributed by atoms with Crippen LogP contribution < -0.4 is 5.32 Å². The van der Waals surface area contributed by atoms with Crippen molar-refractivity contribution < 1.29 is 18.0 Å². The van der Waals surface area contributed by atoms with E-state index in [1.54, 1.807) is 11.2 Å². The zero-order valence-electron chi connectivity index (χ0n) is 16.9. The number of hydrogen-bond donors (Lipinski definition) is 1. The van der Waals surface area contributed by atoms with Gasteiger partial charge in [0.1, 0.15) is 17.2 Å². The molecule has 1 saturated heterocycles. The maximum Gasteiger partial charge on any atom is 0.318 e. The van der Waals surface area contributed by atoms with Crippen LogP contribution >= 0.6 is 0 Å². The van der Waals surface area contributed by atoms with Crippen molar-refractivity contribution in [3.05, 3.63) is 71.5 Å². The summed E-state index contributed by atoms with van der Waals surface area (Å²) < 4.78 is 32.9. The number of nitrogens with one attached hydrogen (secondary N) is 1. The summed E-state index contributed by atoms with van der Waals surface area (Å²) in [6, 6.07) is 10.9. The highest BCUT2D eigenvalue weighted by Crippen LogP contribution is 2.21. The number of likely N-dealkylation sites (tertiary alicyclic amines) is 1. The number of benzene rings is 2. The third kappa shape index (κ3) is 4.62. The van der Waals surface area contributed by atoms with Crippen LogP contribution in [0.1, 0.15) is 24.0 Å². The number of furan rings is 1. The van der Waals surface area contributed by atoms with E-state index in [1.165, 1.54) is 12.1 Å². The molecule has 5 nitrogen and oxygen atoms in total. The lowest BCUT2D eigenvalue weighted by Crippen LogP contribution is -2.49. The van der Waals surface area contributed by atoms with E-state index in [0.717, 1.165) is 48.5 Å². The molecule has 0 saturated carbocycles. The molecule has 1 aliphatic heterocycles. The lowest BCUT2D eigenvalue weighted by molar-refractivity contribution is 0.126. The molecule has 3 aromatic rings. The van der Waals surface area contributed by atoms with Gasteiger partial charge in [-0.1, -0.05) is 12.1 Å². The molecule has 0 spiro atoms. The Bertz CT molecular complexity index is 1030. The average molecular weight is 413 g/mol. The molecule has 1 aliphatic rings. The summed E-state index contributed by atoms with van der Waals surface area (Å²) in [5.41, 5.74) is 2.06. The number of amides is 2. The lowest BCUT2D eigenvalue weighted by atomic mass is 10.0. The van der Waals surface area contributed by atoms with Gasteiger partial charge in [0.25, 0.3) is 0 Å². The Morgan fingerprint density at radius 2 is 1.97 bits per heavy atom. The van der Waals surface area contributed by atoms with Crippen molar-refractivity contribution in [2.75, 3.05) is 20.1 Å². The van der Waals surface area contributed by atoms with Gasteiger partial charge in [-0.15, -0.1) is 0 Å². The van der Waals surface area contributed by atoms with Gasteiger partial charge in [0.2, 0.25) is 0 Å². The molecular weight excluding hydrogens is 388 g/mol. The van der Waals surface area contributed by atoms with E-state index in [-0.39, 0.29) is 18.6 Å². The van der Waals surface area contributed by atoms with E-state index in [9.17, 15) is 13.6 Å². The third-order valence-electron chi connectivity index (χ3n) is 5.71. The van der Waals surface area contributed by atoms with Gasteiger partial charge in [-0.2, -0.15) is 0 Å². The second kappa shape index (κ2) is 8.83. The molecule has 0 radical (unpaired) electrons. The molecular formula is C23H25F2N3O2. The van der Waals surface area contributed by atoms with E-state index in [4.69, 9.17) is 4.42 Å². The van der Waals surface area contributed by atoms with Gasteiger partial charge in [0.05, 0.1) is 12.8 Å². The second-order valence-corrected chi connectivity index (χ2v) is 7.85. The number of nitrogens with zero attached hydrogens (tertiary/aromatic N) is 2. The minimum Gasteiger partial charge on any atom is -0.464 e. The first-order valence-electron chi connectivity index (χ1n) is 10.1. The molecule has 0 bridgehead atoms. The van der Waals surface area contributed by atoms with Gasteiger partial charge in [-0.25, -0.2) is 13.6 Å². The Morgan fingerprint density at radius 3 is 2.73 bits per heavy atom. The summed E-state index contributed by atoms with van der Waals surface area (Å²) in [5, 5.41) is 3.94. The summed E-state index contributed by atoms with van der Waals surface area (Å²) in [5.74, 6) is -1.26. The molecule has 4 rings (SSSR count). The standard InChI is InChI=1S/C23H25F2N3O2/c1-27-9-6-20(7-10-27)28(15-18-3-4-19(24)13-21(18)25)23(29)26-14-16-2-5-22-17(12-16)8-11-30-22/h2-5,8,11-13,20H,6-7,9-10,14-15H2,1H3,(H,26,29). The Kier molecular flexibility index (Phi) is 5.99. The minimum atomic E-state index is -0.633. The van der Waals surface area contributed by atoms with Gasteiger partial charge in [-0.05, 0) is 62.8 Å². The number of carbonyl (C=O) groups excluding carboxylic acids is 1. The summed E-state index contributed by atoms with van der Waals surface area (Å²) in [4.78, 5) is 17.0. The molecule has 2 heterocycles. The van der Waals surface area contributed by atoms with Crippen LogP contribution in [0.5, 0.6) is 0 Å². The van der Waals surface area contributed by atoms with Crippen molar-refractivity contribution >= 4 is 17.0 Å². The fourth-order valence-electron chi connectivity index (χ4n) is 3.91. The number of carbonyl (C=O) groups is 1. The van der Waals surface area contributed by atoms with E-state index >= 15 is 0 Å².